The second-order valence-electron chi connectivity index (χ2n) is 4.29. The standard InChI is InChI=1S/C16H12ClN3O/c17-15-10-16(19-11-18-15)20-12-6-8-14(9-7-12)21-13-4-2-1-3-5-13/h1-11H,(H,18,19,20). The Balaban J connectivity index is 1.69. The molecule has 0 amide bonds. The lowest BCUT2D eigenvalue weighted by Gasteiger charge is -2.08. The number of para-hydroxylation sites is 1. The van der Waals surface area contributed by atoms with E-state index in [-0.39, 0.29) is 0 Å². The molecule has 0 saturated heterocycles. The Labute approximate surface area is 127 Å². The molecule has 0 aliphatic heterocycles. The van der Waals surface area contributed by atoms with Crippen LogP contribution in [0.2, 0.25) is 5.15 Å². The monoisotopic (exact) mass is 297 g/mol. The van der Waals surface area contributed by atoms with Crippen molar-refractivity contribution < 1.29 is 4.74 Å². The van der Waals surface area contributed by atoms with Crippen molar-refractivity contribution in [3.63, 3.8) is 0 Å². The van der Waals surface area contributed by atoms with E-state index >= 15 is 0 Å². The van der Waals surface area contributed by atoms with E-state index in [1.54, 1.807) is 6.07 Å². The summed E-state index contributed by atoms with van der Waals surface area (Å²) < 4.78 is 5.73. The van der Waals surface area contributed by atoms with Crippen molar-refractivity contribution in [1.82, 2.24) is 9.97 Å². The largest absolute Gasteiger partial charge is 0.457 e. The number of rotatable bonds is 4. The van der Waals surface area contributed by atoms with Gasteiger partial charge in [0, 0.05) is 11.8 Å². The summed E-state index contributed by atoms with van der Waals surface area (Å²) in [7, 11) is 0. The highest BCUT2D eigenvalue weighted by Gasteiger charge is 2.00. The molecule has 0 spiro atoms. The van der Waals surface area contributed by atoms with Crippen LogP contribution in [0.3, 0.4) is 0 Å². The first kappa shape index (κ1) is 13.4. The zero-order chi connectivity index (χ0) is 14.5. The van der Waals surface area contributed by atoms with Crippen LogP contribution in [0.15, 0.2) is 67.0 Å². The number of benzene rings is 2. The molecule has 0 unspecified atom stereocenters. The fraction of sp³-hybridized carbons (Fsp3) is 0. The maximum Gasteiger partial charge on any atom is 0.135 e. The van der Waals surface area contributed by atoms with Crippen LogP contribution in [0.1, 0.15) is 0 Å². The molecule has 1 N–H and O–H groups in total. The fourth-order valence-electron chi connectivity index (χ4n) is 1.78. The Hall–Kier alpha value is -2.59. The maximum atomic E-state index is 5.82. The van der Waals surface area contributed by atoms with Crippen molar-refractivity contribution in [1.29, 1.82) is 0 Å². The summed E-state index contributed by atoms with van der Waals surface area (Å²) in [6.07, 6.45) is 1.41. The first-order chi connectivity index (χ1) is 10.3. The molecule has 0 fully saturated rings. The summed E-state index contributed by atoms with van der Waals surface area (Å²) in [4.78, 5) is 7.92. The van der Waals surface area contributed by atoms with E-state index in [0.717, 1.165) is 17.2 Å². The predicted octanol–water partition coefficient (Wildman–Crippen LogP) is 4.67. The van der Waals surface area contributed by atoms with Gasteiger partial charge in [-0.25, -0.2) is 9.97 Å². The summed E-state index contributed by atoms with van der Waals surface area (Å²) in [6, 6.07) is 18.9. The number of anilines is 2. The van der Waals surface area contributed by atoms with Gasteiger partial charge in [0.1, 0.15) is 28.8 Å². The van der Waals surface area contributed by atoms with Gasteiger partial charge in [-0.15, -0.1) is 0 Å². The first-order valence-corrected chi connectivity index (χ1v) is 6.75. The SMILES string of the molecule is Clc1cc(Nc2ccc(Oc3ccccc3)cc2)ncn1. The van der Waals surface area contributed by atoms with Gasteiger partial charge in [-0.05, 0) is 36.4 Å². The van der Waals surface area contributed by atoms with Crippen LogP contribution in [-0.2, 0) is 0 Å². The number of nitrogens with zero attached hydrogens (tertiary/aromatic N) is 2. The van der Waals surface area contributed by atoms with Gasteiger partial charge >= 0.3 is 0 Å². The van der Waals surface area contributed by atoms with Gasteiger partial charge in [-0.2, -0.15) is 0 Å². The van der Waals surface area contributed by atoms with Crippen LogP contribution in [-0.4, -0.2) is 9.97 Å². The van der Waals surface area contributed by atoms with Crippen LogP contribution >= 0.6 is 11.6 Å². The van der Waals surface area contributed by atoms with Gasteiger partial charge in [0.15, 0.2) is 0 Å². The minimum Gasteiger partial charge on any atom is -0.457 e. The van der Waals surface area contributed by atoms with E-state index in [1.807, 2.05) is 54.6 Å². The molecule has 0 aliphatic carbocycles. The lowest BCUT2D eigenvalue weighted by atomic mass is 10.3. The molecule has 0 saturated carbocycles. The molecule has 3 aromatic rings. The maximum absolute atomic E-state index is 5.82. The van der Waals surface area contributed by atoms with E-state index < -0.39 is 0 Å². The summed E-state index contributed by atoms with van der Waals surface area (Å²) in [5.41, 5.74) is 0.894. The fourth-order valence-corrected chi connectivity index (χ4v) is 1.93. The van der Waals surface area contributed by atoms with E-state index in [4.69, 9.17) is 16.3 Å². The van der Waals surface area contributed by atoms with Gasteiger partial charge in [-0.3, -0.25) is 0 Å². The van der Waals surface area contributed by atoms with Crippen molar-refractivity contribution in [2.75, 3.05) is 5.32 Å². The third-order valence-corrected chi connectivity index (χ3v) is 2.95. The molecule has 2 aromatic carbocycles. The molecule has 104 valence electrons. The minimum atomic E-state index is 0.400. The Bertz CT molecular complexity index is 717. The van der Waals surface area contributed by atoms with Gasteiger partial charge < -0.3 is 10.1 Å². The minimum absolute atomic E-state index is 0.400. The van der Waals surface area contributed by atoms with Crippen molar-refractivity contribution in [2.45, 2.75) is 0 Å². The number of aromatic nitrogens is 2. The molecule has 3 rings (SSSR count). The number of halogens is 1. The van der Waals surface area contributed by atoms with Crippen molar-refractivity contribution in [3.8, 4) is 11.5 Å². The molecule has 0 radical (unpaired) electrons. The van der Waals surface area contributed by atoms with Crippen LogP contribution < -0.4 is 10.1 Å². The molecule has 21 heavy (non-hydrogen) atoms. The number of ether oxygens (including phenoxy) is 1. The van der Waals surface area contributed by atoms with E-state index in [1.165, 1.54) is 6.33 Å². The Kier molecular flexibility index (Phi) is 3.98. The van der Waals surface area contributed by atoms with E-state index in [0.29, 0.717) is 11.0 Å². The van der Waals surface area contributed by atoms with E-state index in [2.05, 4.69) is 15.3 Å². The van der Waals surface area contributed by atoms with Gasteiger partial charge in [0.2, 0.25) is 0 Å². The van der Waals surface area contributed by atoms with Crippen molar-refractivity contribution in [3.05, 3.63) is 72.1 Å². The Morgan fingerprint density at radius 2 is 1.57 bits per heavy atom. The van der Waals surface area contributed by atoms with Gasteiger partial charge in [0.05, 0.1) is 0 Å². The highest BCUT2D eigenvalue weighted by molar-refractivity contribution is 6.29. The average Bonchev–Trinajstić information content (AvgIpc) is 2.50. The molecule has 1 aromatic heterocycles. The molecule has 5 heteroatoms. The zero-order valence-electron chi connectivity index (χ0n) is 11.0. The van der Waals surface area contributed by atoms with Gasteiger partial charge in [0.25, 0.3) is 0 Å². The predicted molar refractivity (Wildman–Crippen MR) is 83.3 cm³/mol. The quantitative estimate of drug-likeness (QED) is 0.711. The molecule has 0 atom stereocenters. The third-order valence-electron chi connectivity index (χ3n) is 2.74. The van der Waals surface area contributed by atoms with Crippen LogP contribution in [0.25, 0.3) is 0 Å². The van der Waals surface area contributed by atoms with Crippen LogP contribution in [0.4, 0.5) is 11.5 Å². The highest BCUT2D eigenvalue weighted by Crippen LogP contribution is 2.24. The summed E-state index contributed by atoms with van der Waals surface area (Å²) in [6.45, 7) is 0. The summed E-state index contributed by atoms with van der Waals surface area (Å²) in [5.74, 6) is 2.22. The first-order valence-electron chi connectivity index (χ1n) is 6.37. The van der Waals surface area contributed by atoms with Gasteiger partial charge in [-0.1, -0.05) is 29.8 Å². The number of hydrogen-bond donors (Lipinski definition) is 1. The van der Waals surface area contributed by atoms with Crippen LogP contribution in [0.5, 0.6) is 11.5 Å². The number of hydrogen-bond acceptors (Lipinski definition) is 4. The molecule has 1 heterocycles. The van der Waals surface area contributed by atoms with Crippen molar-refractivity contribution >= 4 is 23.1 Å². The average molecular weight is 298 g/mol. The second-order valence-corrected chi connectivity index (χ2v) is 4.68. The Morgan fingerprint density at radius 1 is 0.857 bits per heavy atom. The lowest BCUT2D eigenvalue weighted by molar-refractivity contribution is 0.483. The summed E-state index contributed by atoms with van der Waals surface area (Å²) in [5, 5.41) is 3.54. The zero-order valence-corrected chi connectivity index (χ0v) is 11.8. The van der Waals surface area contributed by atoms with Crippen molar-refractivity contribution in [2.24, 2.45) is 0 Å². The number of nitrogens with one attached hydrogen (secondary N) is 1. The van der Waals surface area contributed by atoms with E-state index in [9.17, 15) is 0 Å². The highest BCUT2D eigenvalue weighted by atomic mass is 35.5. The third kappa shape index (κ3) is 3.70. The second kappa shape index (κ2) is 6.24. The smallest absolute Gasteiger partial charge is 0.135 e. The molecular formula is C16H12ClN3O. The molecular weight excluding hydrogens is 286 g/mol. The lowest BCUT2D eigenvalue weighted by Crippen LogP contribution is -1.94. The molecule has 0 aliphatic rings. The molecule has 4 nitrogen and oxygen atoms in total. The normalized spacial score (nSPS) is 10.1. The molecule has 0 bridgehead atoms. The Morgan fingerprint density at radius 3 is 2.29 bits per heavy atom. The topological polar surface area (TPSA) is 47.0 Å². The van der Waals surface area contributed by atoms with Crippen LogP contribution in [0, 0.1) is 0 Å². The summed E-state index contributed by atoms with van der Waals surface area (Å²) >= 11 is 5.82.